The van der Waals surface area contributed by atoms with Crippen molar-refractivity contribution >= 4 is 26.5 Å². The summed E-state index contributed by atoms with van der Waals surface area (Å²) in [5.74, 6) is -0.181. The number of aliphatic hydroxyl groups excluding tert-OH is 1. The van der Waals surface area contributed by atoms with Crippen LogP contribution in [0.4, 0.5) is 0 Å². The fraction of sp³-hybridized carbons (Fsp3) is 0.273. The second-order valence-electron chi connectivity index (χ2n) is 4.42. The molecule has 2 N–H and O–H groups in total. The molecule has 0 radical (unpaired) electrons. The summed E-state index contributed by atoms with van der Waals surface area (Å²) in [7, 11) is -3.67. The molecule has 1 aliphatic heterocycles. The lowest BCUT2D eigenvalue weighted by atomic mass is 10.0. The highest BCUT2D eigenvalue weighted by atomic mass is 35.5. The van der Waals surface area contributed by atoms with E-state index in [-0.39, 0.29) is 10.7 Å². The Kier molecular flexibility index (Phi) is 2.72. The molecular formula is C11H12ClNO3S. The van der Waals surface area contributed by atoms with Gasteiger partial charge in [-0.1, -0.05) is 23.7 Å². The number of hydrogen-bond acceptors (Lipinski definition) is 3. The maximum absolute atomic E-state index is 11.9. The van der Waals surface area contributed by atoms with Crippen molar-refractivity contribution in [3.8, 4) is 0 Å². The molecule has 4 nitrogen and oxygen atoms in total. The largest absolute Gasteiger partial charge is 0.509 e. The Balaban J connectivity index is 2.65. The Hall–Kier alpha value is -1.04. The highest BCUT2D eigenvalue weighted by Crippen LogP contribution is 2.36. The van der Waals surface area contributed by atoms with Gasteiger partial charge in [0.25, 0.3) is 0 Å². The van der Waals surface area contributed by atoms with Crippen LogP contribution in [0.15, 0.2) is 30.0 Å². The van der Waals surface area contributed by atoms with Gasteiger partial charge in [0.2, 0.25) is 10.0 Å². The van der Waals surface area contributed by atoms with E-state index in [9.17, 15) is 13.5 Å². The monoisotopic (exact) mass is 273 g/mol. The van der Waals surface area contributed by atoms with Gasteiger partial charge in [-0.05, 0) is 31.5 Å². The van der Waals surface area contributed by atoms with E-state index in [1.54, 1.807) is 38.1 Å². The van der Waals surface area contributed by atoms with Gasteiger partial charge in [0.15, 0.2) is 0 Å². The maximum Gasteiger partial charge on any atom is 0.245 e. The minimum atomic E-state index is -3.67. The van der Waals surface area contributed by atoms with Crippen molar-refractivity contribution in [2.45, 2.75) is 19.4 Å². The Morgan fingerprint density at radius 3 is 2.18 bits per heavy atom. The number of halogens is 1. The van der Waals surface area contributed by atoms with E-state index in [1.807, 2.05) is 0 Å². The van der Waals surface area contributed by atoms with Crippen molar-refractivity contribution in [2.24, 2.45) is 0 Å². The predicted octanol–water partition coefficient (Wildman–Crippen LogP) is 2.28. The average Bonchev–Trinajstić information content (AvgIpc) is 2.34. The van der Waals surface area contributed by atoms with Crippen LogP contribution in [0.25, 0.3) is 4.91 Å². The van der Waals surface area contributed by atoms with Crippen LogP contribution in [0.1, 0.15) is 19.4 Å². The first-order valence-corrected chi connectivity index (χ1v) is 6.84. The molecule has 0 atom stereocenters. The predicted molar refractivity (Wildman–Crippen MR) is 67.1 cm³/mol. The summed E-state index contributed by atoms with van der Waals surface area (Å²) in [6.07, 6.45) is 0. The van der Waals surface area contributed by atoms with Gasteiger partial charge in [-0.25, -0.2) is 8.42 Å². The quantitative estimate of drug-likeness (QED) is 0.825. The Labute approximate surface area is 105 Å². The lowest BCUT2D eigenvalue weighted by Crippen LogP contribution is -2.38. The molecule has 0 unspecified atom stereocenters. The molecule has 0 bridgehead atoms. The normalized spacial score (nSPS) is 21.8. The second-order valence-corrected chi connectivity index (χ2v) is 6.47. The molecule has 0 spiro atoms. The van der Waals surface area contributed by atoms with Crippen molar-refractivity contribution in [3.63, 3.8) is 0 Å². The summed E-state index contributed by atoms with van der Waals surface area (Å²) >= 11 is 5.74. The third kappa shape index (κ3) is 2.06. The number of aliphatic hydroxyl groups is 1. The zero-order valence-electron chi connectivity index (χ0n) is 9.36. The number of nitrogens with one attached hydrogen (secondary N) is 1. The standard InChI is InChI=1S/C11H12ClNO3S/c1-11(2)10(14)9(17(15,16)13-11)7-3-5-8(12)6-4-7/h3-6,13-14H,1-2H3. The zero-order valence-corrected chi connectivity index (χ0v) is 10.9. The van der Waals surface area contributed by atoms with Crippen LogP contribution in [0, 0.1) is 0 Å². The summed E-state index contributed by atoms with van der Waals surface area (Å²) in [6, 6.07) is 6.29. The minimum Gasteiger partial charge on any atom is -0.509 e. The molecule has 0 saturated heterocycles. The van der Waals surface area contributed by atoms with Crippen molar-refractivity contribution in [1.29, 1.82) is 0 Å². The first-order valence-electron chi connectivity index (χ1n) is 4.98. The van der Waals surface area contributed by atoms with E-state index in [4.69, 9.17) is 11.6 Å². The average molecular weight is 274 g/mol. The zero-order chi connectivity index (χ0) is 12.8. The van der Waals surface area contributed by atoms with Crippen LogP contribution in [-0.4, -0.2) is 19.1 Å². The van der Waals surface area contributed by atoms with E-state index in [0.717, 1.165) is 0 Å². The molecule has 2 rings (SSSR count). The summed E-state index contributed by atoms with van der Waals surface area (Å²) < 4.78 is 26.2. The van der Waals surface area contributed by atoms with Gasteiger partial charge in [0, 0.05) is 5.02 Å². The van der Waals surface area contributed by atoms with Gasteiger partial charge in [-0.15, -0.1) is 0 Å². The Morgan fingerprint density at radius 1 is 1.24 bits per heavy atom. The fourth-order valence-electron chi connectivity index (χ4n) is 1.74. The molecule has 1 aliphatic rings. The molecule has 0 saturated carbocycles. The molecule has 6 heteroatoms. The summed E-state index contributed by atoms with van der Waals surface area (Å²) in [5.41, 5.74) is -0.557. The van der Waals surface area contributed by atoms with Crippen LogP contribution in [0.2, 0.25) is 5.02 Å². The molecule has 1 heterocycles. The van der Waals surface area contributed by atoms with Crippen LogP contribution in [0.5, 0.6) is 0 Å². The Morgan fingerprint density at radius 2 is 1.76 bits per heavy atom. The third-order valence-corrected chi connectivity index (χ3v) is 4.57. The maximum atomic E-state index is 11.9. The second kappa shape index (κ2) is 3.73. The molecule has 0 aromatic heterocycles. The SMILES string of the molecule is CC1(C)NS(=O)(=O)C(c2ccc(Cl)cc2)=C1O. The highest BCUT2D eigenvalue weighted by Gasteiger charge is 2.43. The first kappa shape index (κ1) is 12.4. The van der Waals surface area contributed by atoms with E-state index in [2.05, 4.69) is 4.72 Å². The topological polar surface area (TPSA) is 66.4 Å². The number of benzene rings is 1. The molecule has 92 valence electrons. The Bertz CT molecular complexity index is 588. The molecule has 1 aromatic carbocycles. The third-order valence-electron chi connectivity index (χ3n) is 2.57. The minimum absolute atomic E-state index is 0.0841. The number of sulfonamides is 1. The van der Waals surface area contributed by atoms with Gasteiger partial charge in [-0.3, -0.25) is 0 Å². The van der Waals surface area contributed by atoms with E-state index in [1.165, 1.54) is 0 Å². The molecule has 0 aliphatic carbocycles. The summed E-state index contributed by atoms with van der Waals surface area (Å²) in [5, 5.41) is 10.5. The number of hydrogen-bond donors (Lipinski definition) is 2. The van der Waals surface area contributed by atoms with Gasteiger partial charge < -0.3 is 5.11 Å². The van der Waals surface area contributed by atoms with Crippen molar-refractivity contribution in [3.05, 3.63) is 40.6 Å². The molecular weight excluding hydrogens is 262 g/mol. The van der Waals surface area contributed by atoms with Crippen LogP contribution >= 0.6 is 11.6 Å². The summed E-state index contributed by atoms with van der Waals surface area (Å²) in [4.78, 5) is -0.0841. The number of rotatable bonds is 1. The van der Waals surface area contributed by atoms with E-state index in [0.29, 0.717) is 10.6 Å². The molecule has 1 aromatic rings. The van der Waals surface area contributed by atoms with Crippen LogP contribution in [0.3, 0.4) is 0 Å². The van der Waals surface area contributed by atoms with Gasteiger partial charge >= 0.3 is 0 Å². The molecule has 0 fully saturated rings. The van der Waals surface area contributed by atoms with Crippen molar-refractivity contribution < 1.29 is 13.5 Å². The molecule has 0 amide bonds. The van der Waals surface area contributed by atoms with Crippen molar-refractivity contribution in [2.75, 3.05) is 0 Å². The van der Waals surface area contributed by atoms with Crippen LogP contribution < -0.4 is 4.72 Å². The van der Waals surface area contributed by atoms with Gasteiger partial charge in [-0.2, -0.15) is 4.72 Å². The van der Waals surface area contributed by atoms with Crippen LogP contribution in [-0.2, 0) is 10.0 Å². The first-order chi connectivity index (χ1) is 7.74. The molecule has 17 heavy (non-hydrogen) atoms. The van der Waals surface area contributed by atoms with E-state index >= 15 is 0 Å². The van der Waals surface area contributed by atoms with Gasteiger partial charge in [0.05, 0.1) is 5.54 Å². The smallest absolute Gasteiger partial charge is 0.245 e. The van der Waals surface area contributed by atoms with Gasteiger partial charge in [0.1, 0.15) is 10.7 Å². The fourth-order valence-corrected chi connectivity index (χ4v) is 3.69. The summed E-state index contributed by atoms with van der Waals surface area (Å²) in [6.45, 7) is 3.20. The van der Waals surface area contributed by atoms with E-state index < -0.39 is 15.6 Å². The van der Waals surface area contributed by atoms with Crippen molar-refractivity contribution in [1.82, 2.24) is 4.72 Å². The highest BCUT2D eigenvalue weighted by molar-refractivity contribution is 7.99. The lowest BCUT2D eigenvalue weighted by Gasteiger charge is -2.16. The lowest BCUT2D eigenvalue weighted by molar-refractivity contribution is 0.319.